The molecule has 0 spiro atoms. The van der Waals surface area contributed by atoms with E-state index in [4.69, 9.17) is 5.73 Å². The summed E-state index contributed by atoms with van der Waals surface area (Å²) >= 11 is 1.88. The van der Waals surface area contributed by atoms with Crippen LogP contribution in [-0.2, 0) is 16.6 Å². The predicted molar refractivity (Wildman–Crippen MR) is 89.0 cm³/mol. The third-order valence-corrected chi connectivity index (χ3v) is 5.28. The van der Waals surface area contributed by atoms with Crippen molar-refractivity contribution in [2.75, 3.05) is 4.72 Å². The third-order valence-electron chi connectivity index (χ3n) is 3.03. The zero-order valence-corrected chi connectivity index (χ0v) is 14.2. The van der Waals surface area contributed by atoms with Crippen molar-refractivity contribution in [1.82, 2.24) is 0 Å². The monoisotopic (exact) mass is 420 g/mol. The number of anilines is 1. The molecule has 0 saturated carbocycles. The molecule has 4 nitrogen and oxygen atoms in total. The fraction of sp³-hybridized carbons (Fsp3) is 0.143. The Hall–Kier alpha value is -1.19. The lowest BCUT2D eigenvalue weighted by molar-refractivity contribution is 0.600. The average Bonchev–Trinajstić information content (AvgIpc) is 2.42. The van der Waals surface area contributed by atoms with Crippen LogP contribution >= 0.6 is 22.6 Å². The standard InChI is InChI=1S/C14H14FIN2O2S/c1-9-2-4-12(6-10(9)8-17)21(19,20)18-14-5-3-11(15)7-13(14)16/h2-7,18H,8,17H2,1H3. The number of halogens is 2. The van der Waals surface area contributed by atoms with Gasteiger partial charge in [-0.15, -0.1) is 0 Å². The van der Waals surface area contributed by atoms with Gasteiger partial charge in [-0.3, -0.25) is 4.72 Å². The molecule has 2 rings (SSSR count). The number of sulfonamides is 1. The Balaban J connectivity index is 2.38. The van der Waals surface area contributed by atoms with Crippen molar-refractivity contribution in [1.29, 1.82) is 0 Å². The average molecular weight is 420 g/mol. The molecule has 0 fully saturated rings. The smallest absolute Gasteiger partial charge is 0.261 e. The van der Waals surface area contributed by atoms with Gasteiger partial charge in [0.2, 0.25) is 0 Å². The van der Waals surface area contributed by atoms with Gasteiger partial charge in [-0.25, -0.2) is 12.8 Å². The van der Waals surface area contributed by atoms with Crippen molar-refractivity contribution in [2.24, 2.45) is 5.73 Å². The highest BCUT2D eigenvalue weighted by Gasteiger charge is 2.16. The van der Waals surface area contributed by atoms with E-state index >= 15 is 0 Å². The van der Waals surface area contributed by atoms with Gasteiger partial charge >= 0.3 is 0 Å². The largest absolute Gasteiger partial charge is 0.326 e. The van der Waals surface area contributed by atoms with Crippen LogP contribution in [0.5, 0.6) is 0 Å². The van der Waals surface area contributed by atoms with Gasteiger partial charge in [0.15, 0.2) is 0 Å². The molecule has 0 amide bonds. The van der Waals surface area contributed by atoms with Crippen molar-refractivity contribution < 1.29 is 12.8 Å². The van der Waals surface area contributed by atoms with Gasteiger partial charge in [0.25, 0.3) is 10.0 Å². The van der Waals surface area contributed by atoms with E-state index in [1.54, 1.807) is 12.1 Å². The van der Waals surface area contributed by atoms with Gasteiger partial charge in [0, 0.05) is 10.1 Å². The van der Waals surface area contributed by atoms with Gasteiger partial charge in [0.1, 0.15) is 5.82 Å². The Bertz CT molecular complexity index is 779. The van der Waals surface area contributed by atoms with Crippen molar-refractivity contribution in [3.05, 3.63) is 56.9 Å². The van der Waals surface area contributed by atoms with Crippen LogP contribution in [0.2, 0.25) is 0 Å². The van der Waals surface area contributed by atoms with Gasteiger partial charge in [-0.05, 0) is 71.0 Å². The van der Waals surface area contributed by atoms with Crippen LogP contribution in [0.3, 0.4) is 0 Å². The van der Waals surface area contributed by atoms with E-state index in [1.165, 1.54) is 24.3 Å². The molecule has 0 radical (unpaired) electrons. The third kappa shape index (κ3) is 3.72. The summed E-state index contributed by atoms with van der Waals surface area (Å²) < 4.78 is 40.7. The first-order chi connectivity index (χ1) is 9.83. The Kier molecular flexibility index (Phi) is 4.84. The SMILES string of the molecule is Cc1ccc(S(=O)(=O)Nc2ccc(F)cc2I)cc1CN. The molecule has 0 atom stereocenters. The van der Waals surface area contributed by atoms with Gasteiger partial charge < -0.3 is 5.73 Å². The van der Waals surface area contributed by atoms with Crippen LogP contribution < -0.4 is 10.5 Å². The maximum Gasteiger partial charge on any atom is 0.261 e. The molecule has 112 valence electrons. The maximum absolute atomic E-state index is 13.1. The highest BCUT2D eigenvalue weighted by atomic mass is 127. The molecule has 2 aromatic rings. The number of hydrogen-bond donors (Lipinski definition) is 2. The van der Waals surface area contributed by atoms with E-state index in [0.717, 1.165) is 11.1 Å². The zero-order chi connectivity index (χ0) is 15.6. The lowest BCUT2D eigenvalue weighted by atomic mass is 10.1. The molecule has 0 aliphatic rings. The molecule has 0 heterocycles. The van der Waals surface area contributed by atoms with Crippen LogP contribution in [0, 0.1) is 16.3 Å². The molecule has 0 aliphatic carbocycles. The predicted octanol–water partition coefficient (Wildman–Crippen LogP) is 3.00. The summed E-state index contributed by atoms with van der Waals surface area (Å²) in [4.78, 5) is 0.133. The number of rotatable bonds is 4. The molecule has 0 aromatic heterocycles. The Labute approximate surface area is 136 Å². The minimum atomic E-state index is -3.73. The van der Waals surface area contributed by atoms with Crippen LogP contribution in [0.4, 0.5) is 10.1 Å². The second-order valence-electron chi connectivity index (χ2n) is 4.52. The quantitative estimate of drug-likeness (QED) is 0.748. The Morgan fingerprint density at radius 1 is 1.24 bits per heavy atom. The van der Waals surface area contributed by atoms with Gasteiger partial charge in [-0.2, -0.15) is 0 Å². The first-order valence-corrected chi connectivity index (χ1v) is 8.67. The lowest BCUT2D eigenvalue weighted by Gasteiger charge is -2.11. The first kappa shape index (κ1) is 16.2. The molecule has 0 bridgehead atoms. The molecule has 3 N–H and O–H groups in total. The second-order valence-corrected chi connectivity index (χ2v) is 7.37. The highest BCUT2D eigenvalue weighted by molar-refractivity contribution is 14.1. The lowest BCUT2D eigenvalue weighted by Crippen LogP contribution is -2.14. The number of hydrogen-bond acceptors (Lipinski definition) is 3. The van der Waals surface area contributed by atoms with Crippen LogP contribution in [0.25, 0.3) is 0 Å². The molecule has 0 unspecified atom stereocenters. The molecule has 0 saturated heterocycles. The molecule has 2 aromatic carbocycles. The van der Waals surface area contributed by atoms with Crippen molar-refractivity contribution >= 4 is 38.3 Å². The number of benzene rings is 2. The van der Waals surface area contributed by atoms with Gasteiger partial charge in [0.05, 0.1) is 10.6 Å². The summed E-state index contributed by atoms with van der Waals surface area (Å²) in [5.74, 6) is -0.414. The summed E-state index contributed by atoms with van der Waals surface area (Å²) in [6, 6.07) is 8.65. The van der Waals surface area contributed by atoms with E-state index < -0.39 is 15.8 Å². The topological polar surface area (TPSA) is 72.2 Å². The second kappa shape index (κ2) is 6.29. The number of nitrogens with one attached hydrogen (secondary N) is 1. The molecule has 21 heavy (non-hydrogen) atoms. The fourth-order valence-electron chi connectivity index (χ4n) is 1.81. The Morgan fingerprint density at radius 2 is 1.95 bits per heavy atom. The first-order valence-electron chi connectivity index (χ1n) is 6.11. The minimum absolute atomic E-state index is 0.133. The Morgan fingerprint density at radius 3 is 2.57 bits per heavy atom. The summed E-state index contributed by atoms with van der Waals surface area (Å²) in [7, 11) is -3.73. The van der Waals surface area contributed by atoms with E-state index in [-0.39, 0.29) is 11.4 Å². The minimum Gasteiger partial charge on any atom is -0.326 e. The summed E-state index contributed by atoms with van der Waals surface area (Å²) in [5, 5.41) is 0. The van der Waals surface area contributed by atoms with E-state index in [2.05, 4.69) is 4.72 Å². The maximum atomic E-state index is 13.1. The van der Waals surface area contributed by atoms with E-state index in [1.807, 2.05) is 29.5 Å². The number of nitrogens with two attached hydrogens (primary N) is 1. The van der Waals surface area contributed by atoms with E-state index in [0.29, 0.717) is 9.26 Å². The molecular weight excluding hydrogens is 406 g/mol. The molecule has 0 aliphatic heterocycles. The zero-order valence-electron chi connectivity index (χ0n) is 11.2. The van der Waals surface area contributed by atoms with Crippen molar-refractivity contribution in [2.45, 2.75) is 18.4 Å². The number of aryl methyl sites for hydroxylation is 1. The van der Waals surface area contributed by atoms with Gasteiger partial charge in [-0.1, -0.05) is 6.07 Å². The van der Waals surface area contributed by atoms with Crippen LogP contribution in [0.1, 0.15) is 11.1 Å². The molecular formula is C14H14FIN2O2S. The summed E-state index contributed by atoms with van der Waals surface area (Å²) in [5.41, 5.74) is 7.65. The van der Waals surface area contributed by atoms with E-state index in [9.17, 15) is 12.8 Å². The normalized spacial score (nSPS) is 11.4. The van der Waals surface area contributed by atoms with Crippen LogP contribution in [-0.4, -0.2) is 8.42 Å². The summed E-state index contributed by atoms with van der Waals surface area (Å²) in [6.45, 7) is 2.14. The highest BCUT2D eigenvalue weighted by Crippen LogP contribution is 2.23. The van der Waals surface area contributed by atoms with Crippen molar-refractivity contribution in [3.63, 3.8) is 0 Å². The summed E-state index contributed by atoms with van der Waals surface area (Å²) in [6.07, 6.45) is 0. The van der Waals surface area contributed by atoms with Crippen LogP contribution in [0.15, 0.2) is 41.3 Å². The van der Waals surface area contributed by atoms with Crippen molar-refractivity contribution in [3.8, 4) is 0 Å². The molecule has 7 heteroatoms. The fourth-order valence-corrected chi connectivity index (χ4v) is 3.74.